The summed E-state index contributed by atoms with van der Waals surface area (Å²) in [6.07, 6.45) is 39.1. The van der Waals surface area contributed by atoms with Gasteiger partial charge in [0, 0.05) is 11.8 Å². The largest absolute Gasteiger partial charge is 0.462 e. The SMILES string of the molecule is CCCCCC=CCC=CCCCCCCCC(=O)OC1CCC2(C)C(CCC3(C)C2CC=C2C4CC(C)(C)CCC4(C)CCC23C)C1(C)C. The highest BCUT2D eigenvalue weighted by molar-refractivity contribution is 5.69. The zero-order valence-electron chi connectivity index (χ0n) is 34.6. The lowest BCUT2D eigenvalue weighted by molar-refractivity contribution is -0.212. The number of allylic oxidation sites excluding steroid dienone is 6. The molecule has 0 N–H and O–H groups in total. The maximum Gasteiger partial charge on any atom is 0.306 e. The lowest BCUT2D eigenvalue weighted by Gasteiger charge is -2.71. The third-order valence-electron chi connectivity index (χ3n) is 16.6. The summed E-state index contributed by atoms with van der Waals surface area (Å²) in [5.74, 6) is 2.14. The second kappa shape index (κ2) is 16.0. The Balaban J connectivity index is 1.09. The Kier molecular flexibility index (Phi) is 12.7. The molecule has 50 heavy (non-hydrogen) atoms. The average molecular weight is 689 g/mol. The summed E-state index contributed by atoms with van der Waals surface area (Å²) in [6.45, 7) is 23.0. The van der Waals surface area contributed by atoms with Gasteiger partial charge >= 0.3 is 5.97 Å². The third-order valence-corrected chi connectivity index (χ3v) is 16.6. The lowest BCUT2D eigenvalue weighted by Crippen LogP contribution is -2.64. The first-order valence-electron chi connectivity index (χ1n) is 21.8. The Morgan fingerprint density at radius 1 is 0.740 bits per heavy atom. The standard InChI is InChI=1S/C48H80O2/c1-10-11-12-13-14-15-16-17-18-19-20-21-22-23-24-25-42(49)50-41-29-30-46(7)39(44(41,4)5)28-31-48(9)40(46)27-26-37-38-36-43(2,3)32-33-45(38,6)34-35-47(37,48)8/h14-15,17-18,26,38-41H,10-13,16,19-25,27-36H2,1-9H3. The van der Waals surface area contributed by atoms with E-state index >= 15 is 0 Å². The van der Waals surface area contributed by atoms with E-state index in [4.69, 9.17) is 4.74 Å². The Labute approximate surface area is 310 Å². The van der Waals surface area contributed by atoms with Crippen molar-refractivity contribution in [2.45, 2.75) is 210 Å². The van der Waals surface area contributed by atoms with Crippen LogP contribution in [0.2, 0.25) is 0 Å². The van der Waals surface area contributed by atoms with E-state index in [1.54, 1.807) is 0 Å². The van der Waals surface area contributed by atoms with Crippen molar-refractivity contribution < 1.29 is 9.53 Å². The summed E-state index contributed by atoms with van der Waals surface area (Å²) in [4.78, 5) is 13.2. The summed E-state index contributed by atoms with van der Waals surface area (Å²) in [5.41, 5.74) is 3.82. The molecule has 8 atom stereocenters. The summed E-state index contributed by atoms with van der Waals surface area (Å²) >= 11 is 0. The molecule has 0 amide bonds. The zero-order valence-corrected chi connectivity index (χ0v) is 34.6. The van der Waals surface area contributed by atoms with E-state index in [0.717, 1.165) is 31.6 Å². The normalized spacial score (nSPS) is 38.9. The van der Waals surface area contributed by atoms with Crippen LogP contribution in [0, 0.1) is 50.2 Å². The summed E-state index contributed by atoms with van der Waals surface area (Å²) in [5, 5.41) is 0. The van der Waals surface area contributed by atoms with Gasteiger partial charge in [-0.1, -0.05) is 130 Å². The molecular formula is C48H80O2. The second-order valence-electron chi connectivity index (χ2n) is 20.7. The molecule has 5 aliphatic rings. The molecule has 0 bridgehead atoms. The van der Waals surface area contributed by atoms with E-state index in [1.165, 1.54) is 109 Å². The van der Waals surface area contributed by atoms with Crippen molar-refractivity contribution in [3.05, 3.63) is 36.0 Å². The van der Waals surface area contributed by atoms with Gasteiger partial charge in [0.25, 0.3) is 0 Å². The van der Waals surface area contributed by atoms with Gasteiger partial charge in [-0.3, -0.25) is 4.79 Å². The number of carbonyl (C=O) groups is 1. The molecular weight excluding hydrogens is 609 g/mol. The van der Waals surface area contributed by atoms with Gasteiger partial charge in [-0.15, -0.1) is 0 Å². The molecule has 0 spiro atoms. The number of ether oxygens (including phenoxy) is 1. The molecule has 0 aromatic rings. The van der Waals surface area contributed by atoms with Crippen LogP contribution >= 0.6 is 0 Å². The fourth-order valence-electron chi connectivity index (χ4n) is 13.0. The molecule has 8 unspecified atom stereocenters. The van der Waals surface area contributed by atoms with Crippen molar-refractivity contribution in [1.29, 1.82) is 0 Å². The van der Waals surface area contributed by atoms with Crippen LogP contribution in [-0.2, 0) is 9.53 Å². The van der Waals surface area contributed by atoms with E-state index < -0.39 is 0 Å². The highest BCUT2D eigenvalue weighted by Gasteiger charge is 2.68. The number of carbonyl (C=O) groups excluding carboxylic acids is 1. The van der Waals surface area contributed by atoms with Crippen molar-refractivity contribution >= 4 is 5.97 Å². The monoisotopic (exact) mass is 689 g/mol. The Bertz CT molecular complexity index is 1230. The molecule has 0 heterocycles. The highest BCUT2D eigenvalue weighted by atomic mass is 16.5. The van der Waals surface area contributed by atoms with Crippen LogP contribution in [0.4, 0.5) is 0 Å². The fourth-order valence-corrected chi connectivity index (χ4v) is 13.0. The number of rotatable bonds is 15. The van der Waals surface area contributed by atoms with Crippen LogP contribution < -0.4 is 0 Å². The Hall–Kier alpha value is -1.31. The molecule has 0 aliphatic heterocycles. The molecule has 284 valence electrons. The molecule has 2 heteroatoms. The Morgan fingerprint density at radius 2 is 1.40 bits per heavy atom. The molecule has 5 rings (SSSR count). The third kappa shape index (κ3) is 7.96. The minimum atomic E-state index is 0.0196. The van der Waals surface area contributed by atoms with Crippen LogP contribution in [0.1, 0.15) is 204 Å². The molecule has 2 nitrogen and oxygen atoms in total. The average Bonchev–Trinajstić information content (AvgIpc) is 3.05. The van der Waals surface area contributed by atoms with Gasteiger partial charge in [-0.05, 0) is 148 Å². The first-order chi connectivity index (χ1) is 23.6. The molecule has 5 aliphatic carbocycles. The van der Waals surface area contributed by atoms with E-state index in [0.29, 0.717) is 45.3 Å². The number of fused-ring (bicyclic) bond motifs is 7. The molecule has 0 radical (unpaired) electrons. The Morgan fingerprint density at radius 3 is 2.12 bits per heavy atom. The van der Waals surface area contributed by atoms with E-state index in [1.807, 2.05) is 5.57 Å². The van der Waals surface area contributed by atoms with Crippen LogP contribution in [-0.4, -0.2) is 12.1 Å². The topological polar surface area (TPSA) is 26.3 Å². The van der Waals surface area contributed by atoms with Gasteiger partial charge in [0.05, 0.1) is 0 Å². The number of hydrogen-bond donors (Lipinski definition) is 0. The zero-order chi connectivity index (χ0) is 36.3. The fraction of sp³-hybridized carbons (Fsp3) is 0.854. The van der Waals surface area contributed by atoms with Gasteiger partial charge in [0.15, 0.2) is 0 Å². The summed E-state index contributed by atoms with van der Waals surface area (Å²) < 4.78 is 6.41. The van der Waals surface area contributed by atoms with E-state index in [-0.39, 0.29) is 17.5 Å². The van der Waals surface area contributed by atoms with Crippen LogP contribution in [0.5, 0.6) is 0 Å². The summed E-state index contributed by atoms with van der Waals surface area (Å²) in [6, 6.07) is 0. The van der Waals surface area contributed by atoms with Gasteiger partial charge in [-0.25, -0.2) is 0 Å². The van der Waals surface area contributed by atoms with Crippen LogP contribution in [0.15, 0.2) is 36.0 Å². The quantitative estimate of drug-likeness (QED) is 0.0972. The lowest BCUT2D eigenvalue weighted by atomic mass is 9.33. The van der Waals surface area contributed by atoms with Gasteiger partial charge in [0.2, 0.25) is 0 Å². The van der Waals surface area contributed by atoms with Crippen molar-refractivity contribution in [3.8, 4) is 0 Å². The first kappa shape index (κ1) is 39.9. The highest BCUT2D eigenvalue weighted by Crippen LogP contribution is 2.75. The van der Waals surface area contributed by atoms with Crippen molar-refractivity contribution in [1.82, 2.24) is 0 Å². The molecule has 4 fully saturated rings. The smallest absolute Gasteiger partial charge is 0.306 e. The number of hydrogen-bond acceptors (Lipinski definition) is 2. The number of esters is 1. The maximum atomic E-state index is 13.2. The van der Waals surface area contributed by atoms with Crippen LogP contribution in [0.25, 0.3) is 0 Å². The molecule has 4 saturated carbocycles. The maximum absolute atomic E-state index is 13.2. The predicted octanol–water partition coefficient (Wildman–Crippen LogP) is 14.5. The molecule has 0 aromatic carbocycles. The minimum Gasteiger partial charge on any atom is -0.462 e. The van der Waals surface area contributed by atoms with Crippen molar-refractivity contribution in [3.63, 3.8) is 0 Å². The van der Waals surface area contributed by atoms with Crippen molar-refractivity contribution in [2.75, 3.05) is 0 Å². The van der Waals surface area contributed by atoms with Gasteiger partial charge < -0.3 is 4.74 Å². The van der Waals surface area contributed by atoms with Crippen LogP contribution in [0.3, 0.4) is 0 Å². The van der Waals surface area contributed by atoms with Crippen molar-refractivity contribution in [2.24, 2.45) is 50.2 Å². The number of unbranched alkanes of at least 4 members (excludes halogenated alkanes) is 8. The first-order valence-corrected chi connectivity index (χ1v) is 21.8. The predicted molar refractivity (Wildman–Crippen MR) is 214 cm³/mol. The molecule has 0 aromatic heterocycles. The van der Waals surface area contributed by atoms with E-state index in [9.17, 15) is 4.79 Å². The van der Waals surface area contributed by atoms with Gasteiger partial charge in [0.1, 0.15) is 6.10 Å². The summed E-state index contributed by atoms with van der Waals surface area (Å²) in [7, 11) is 0. The van der Waals surface area contributed by atoms with Gasteiger partial charge in [-0.2, -0.15) is 0 Å². The second-order valence-corrected chi connectivity index (χ2v) is 20.7. The van der Waals surface area contributed by atoms with E-state index in [2.05, 4.69) is 92.7 Å². The minimum absolute atomic E-state index is 0.0196. The molecule has 0 saturated heterocycles.